The summed E-state index contributed by atoms with van der Waals surface area (Å²) in [4.78, 5) is 73.1. The number of carbonyl (C=O) groups is 4. The molecule has 19 heteroatoms. The van der Waals surface area contributed by atoms with Gasteiger partial charge in [-0.15, -0.1) is 0 Å². The van der Waals surface area contributed by atoms with E-state index in [1.165, 1.54) is 270 Å². The van der Waals surface area contributed by atoms with Crippen molar-refractivity contribution in [1.82, 2.24) is 0 Å². The van der Waals surface area contributed by atoms with Crippen LogP contribution in [0.25, 0.3) is 0 Å². The molecule has 0 saturated heterocycles. The molecule has 0 aromatic rings. The molecule has 0 saturated carbocycles. The fourth-order valence-corrected chi connectivity index (χ4v) is 15.0. The number of carbonyl (C=O) groups excluding carboxylic acids is 4. The van der Waals surface area contributed by atoms with Gasteiger partial charge in [-0.3, -0.25) is 37.3 Å². The summed E-state index contributed by atoms with van der Waals surface area (Å²) in [5.41, 5.74) is 0. The van der Waals surface area contributed by atoms with E-state index >= 15 is 0 Å². The van der Waals surface area contributed by atoms with Crippen molar-refractivity contribution in [3.63, 3.8) is 0 Å². The van der Waals surface area contributed by atoms with E-state index < -0.39 is 97.5 Å². The lowest BCUT2D eigenvalue weighted by Gasteiger charge is -2.21. The molecular weight excluding hydrogens is 1370 g/mol. The van der Waals surface area contributed by atoms with Gasteiger partial charge in [-0.2, -0.15) is 0 Å². The van der Waals surface area contributed by atoms with Gasteiger partial charge in [-0.1, -0.05) is 408 Å². The second-order valence-corrected chi connectivity index (χ2v) is 34.6. The van der Waals surface area contributed by atoms with Gasteiger partial charge >= 0.3 is 39.5 Å². The van der Waals surface area contributed by atoms with Gasteiger partial charge in [0.25, 0.3) is 0 Å². The maximum absolute atomic E-state index is 13.1. The van der Waals surface area contributed by atoms with Gasteiger partial charge in [0.05, 0.1) is 26.4 Å². The molecule has 17 nitrogen and oxygen atoms in total. The number of ether oxygens (including phenoxy) is 4. The van der Waals surface area contributed by atoms with Crippen LogP contribution >= 0.6 is 15.6 Å². The van der Waals surface area contributed by atoms with Gasteiger partial charge in [0.1, 0.15) is 19.3 Å². The molecule has 0 amide bonds. The Morgan fingerprint density at radius 1 is 0.276 bits per heavy atom. The average molecular weight is 1540 g/mol. The van der Waals surface area contributed by atoms with Gasteiger partial charge in [-0.05, 0) is 37.5 Å². The summed E-state index contributed by atoms with van der Waals surface area (Å²) >= 11 is 0. The lowest BCUT2D eigenvalue weighted by Crippen LogP contribution is -2.30. The number of hydrogen-bond donors (Lipinski definition) is 3. The van der Waals surface area contributed by atoms with Crippen molar-refractivity contribution in [1.29, 1.82) is 0 Å². The molecule has 624 valence electrons. The molecule has 105 heavy (non-hydrogen) atoms. The predicted octanol–water partition coefficient (Wildman–Crippen LogP) is 26.2. The summed E-state index contributed by atoms with van der Waals surface area (Å²) < 4.78 is 68.8. The van der Waals surface area contributed by atoms with E-state index in [2.05, 4.69) is 41.5 Å². The Morgan fingerprint density at radius 3 is 0.724 bits per heavy atom. The third-order valence-corrected chi connectivity index (χ3v) is 22.5. The van der Waals surface area contributed by atoms with E-state index in [-0.39, 0.29) is 25.7 Å². The van der Waals surface area contributed by atoms with Crippen molar-refractivity contribution in [3.05, 3.63) is 0 Å². The van der Waals surface area contributed by atoms with Crippen molar-refractivity contribution in [2.75, 3.05) is 39.6 Å². The zero-order valence-corrected chi connectivity index (χ0v) is 70.8. The van der Waals surface area contributed by atoms with E-state index in [1.807, 2.05) is 0 Å². The molecule has 0 fully saturated rings. The highest BCUT2D eigenvalue weighted by Gasteiger charge is 2.30. The fraction of sp³-hybridized carbons (Fsp3) is 0.953. The topological polar surface area (TPSA) is 237 Å². The highest BCUT2D eigenvalue weighted by molar-refractivity contribution is 7.47. The van der Waals surface area contributed by atoms with Crippen LogP contribution < -0.4 is 0 Å². The molecule has 0 heterocycles. The Bertz CT molecular complexity index is 2010. The quantitative estimate of drug-likeness (QED) is 0.0222. The monoisotopic (exact) mass is 1540 g/mol. The van der Waals surface area contributed by atoms with E-state index in [1.54, 1.807) is 0 Å². The molecule has 0 spiro atoms. The number of phosphoric acid groups is 2. The van der Waals surface area contributed by atoms with Crippen LogP contribution in [0.4, 0.5) is 0 Å². The maximum atomic E-state index is 13.1. The molecule has 3 N–H and O–H groups in total. The molecule has 3 unspecified atom stereocenters. The third-order valence-electron chi connectivity index (χ3n) is 20.6. The molecule has 0 bridgehead atoms. The lowest BCUT2D eigenvalue weighted by atomic mass is 9.99. The third kappa shape index (κ3) is 78.5. The first-order valence-electron chi connectivity index (χ1n) is 44.5. The Labute approximate surface area is 645 Å². The van der Waals surface area contributed by atoms with Crippen molar-refractivity contribution in [3.8, 4) is 0 Å². The van der Waals surface area contributed by atoms with Crippen molar-refractivity contribution in [2.24, 2.45) is 11.8 Å². The first-order valence-corrected chi connectivity index (χ1v) is 47.5. The lowest BCUT2D eigenvalue weighted by molar-refractivity contribution is -0.161. The van der Waals surface area contributed by atoms with Crippen molar-refractivity contribution >= 4 is 39.5 Å². The summed E-state index contributed by atoms with van der Waals surface area (Å²) in [6.07, 6.45) is 69.6. The molecule has 0 aliphatic heterocycles. The molecular formula is C86H168O17P2. The average Bonchev–Trinajstić information content (AvgIpc) is 0.906. The minimum absolute atomic E-state index is 0.107. The first-order chi connectivity index (χ1) is 50.9. The second kappa shape index (κ2) is 77.4. The van der Waals surface area contributed by atoms with E-state index in [0.717, 1.165) is 108 Å². The Hall–Kier alpha value is -1.94. The zero-order chi connectivity index (χ0) is 77.1. The van der Waals surface area contributed by atoms with Crippen molar-refractivity contribution in [2.45, 2.75) is 477 Å². The Morgan fingerprint density at radius 2 is 0.486 bits per heavy atom. The highest BCUT2D eigenvalue weighted by atomic mass is 31.2. The van der Waals surface area contributed by atoms with E-state index in [9.17, 15) is 43.2 Å². The number of hydrogen-bond acceptors (Lipinski definition) is 15. The van der Waals surface area contributed by atoms with Gasteiger partial charge in [-0.25, -0.2) is 9.13 Å². The summed E-state index contributed by atoms with van der Waals surface area (Å²) in [6, 6.07) is 0. The Balaban J connectivity index is 5.17. The second-order valence-electron chi connectivity index (χ2n) is 31.6. The van der Waals surface area contributed by atoms with Crippen LogP contribution in [0.2, 0.25) is 0 Å². The number of phosphoric ester groups is 2. The van der Waals surface area contributed by atoms with Crippen LogP contribution in [0.1, 0.15) is 459 Å². The van der Waals surface area contributed by atoms with E-state index in [0.29, 0.717) is 25.7 Å². The summed E-state index contributed by atoms with van der Waals surface area (Å²) in [7, 11) is -9.92. The first kappa shape index (κ1) is 103. The SMILES string of the molecule is CCCCCCCCCCCCCCCCCCCCCCCC(=O)OC[C@H](COP(=O)(O)OC[C@@H](O)COP(=O)(O)OC[C@@H](COC(=O)CCCCCCCCCC)OC(=O)CCCCCCCCCCCCCC(C)C)OC(=O)CCCCCCCCCCCCCCCCCCCCC(C)CC. The van der Waals surface area contributed by atoms with Crippen molar-refractivity contribution < 1.29 is 80.2 Å². The van der Waals surface area contributed by atoms with Crippen LogP contribution in [0, 0.1) is 11.8 Å². The standard InChI is InChI=1S/C86H168O17P2/c1-7-10-12-14-16-18-19-20-21-22-23-24-25-29-32-35-40-45-51-57-63-69-84(89)97-75-82(103-85(90)70-64-58-52-46-41-36-33-30-27-26-28-31-34-39-44-49-55-61-67-79(6)9-3)77-101-105(94,95)99-73-80(87)72-98-104(92,93)100-76-81(74-96-83(88)68-62-56-50-17-15-13-11-8-2)102-86(91)71-65-59-53-47-42-37-38-43-48-54-60-66-78(4)5/h78-82,87H,7-77H2,1-6H3,(H,92,93)(H,94,95)/t79?,80-,81+,82+/m0/s1. The molecule has 0 aliphatic carbocycles. The number of rotatable bonds is 85. The minimum atomic E-state index is -4.97. The number of unbranched alkanes of at least 4 members (excludes halogenated alkanes) is 54. The normalized spacial score (nSPS) is 14.1. The largest absolute Gasteiger partial charge is 0.472 e. The molecule has 0 aliphatic rings. The van der Waals surface area contributed by atoms with Crippen LogP contribution in [-0.2, 0) is 65.4 Å². The Kier molecular flexibility index (Phi) is 76.0. The van der Waals surface area contributed by atoms with Gasteiger partial charge in [0.15, 0.2) is 12.2 Å². The zero-order valence-electron chi connectivity index (χ0n) is 69.0. The molecule has 0 aromatic carbocycles. The fourth-order valence-electron chi connectivity index (χ4n) is 13.4. The molecule has 0 aromatic heterocycles. The number of aliphatic hydroxyl groups is 1. The van der Waals surface area contributed by atoms with Crippen LogP contribution in [0.15, 0.2) is 0 Å². The smallest absolute Gasteiger partial charge is 0.462 e. The van der Waals surface area contributed by atoms with Crippen LogP contribution in [0.5, 0.6) is 0 Å². The van der Waals surface area contributed by atoms with Gasteiger partial charge < -0.3 is 33.8 Å². The van der Waals surface area contributed by atoms with E-state index in [4.69, 9.17) is 37.0 Å². The van der Waals surface area contributed by atoms with Crippen LogP contribution in [-0.4, -0.2) is 96.7 Å². The summed E-state index contributed by atoms with van der Waals surface area (Å²) in [5, 5.41) is 10.7. The van der Waals surface area contributed by atoms with Gasteiger partial charge in [0.2, 0.25) is 0 Å². The number of esters is 4. The highest BCUT2D eigenvalue weighted by Crippen LogP contribution is 2.45. The molecule has 0 radical (unpaired) electrons. The predicted molar refractivity (Wildman–Crippen MR) is 432 cm³/mol. The van der Waals surface area contributed by atoms with Gasteiger partial charge in [0, 0.05) is 25.7 Å². The molecule has 6 atom stereocenters. The minimum Gasteiger partial charge on any atom is -0.462 e. The maximum Gasteiger partial charge on any atom is 0.472 e. The molecule has 0 rings (SSSR count). The van der Waals surface area contributed by atoms with Crippen LogP contribution in [0.3, 0.4) is 0 Å². The summed E-state index contributed by atoms with van der Waals surface area (Å²) in [5.74, 6) is -0.470. The summed E-state index contributed by atoms with van der Waals surface area (Å²) in [6.45, 7) is 9.70. The number of aliphatic hydroxyl groups excluding tert-OH is 1.